The van der Waals surface area contributed by atoms with Gasteiger partial charge < -0.3 is 26.8 Å². The number of anilines is 2. The number of nitriles is 1. The number of fused-ring (bicyclic) bond motifs is 1. The first-order valence-electron chi connectivity index (χ1n) is 14.3. The van der Waals surface area contributed by atoms with Gasteiger partial charge in [-0.25, -0.2) is 28.4 Å². The van der Waals surface area contributed by atoms with Crippen LogP contribution >= 0.6 is 0 Å². The Kier molecular flexibility index (Phi) is 9.31. The number of aryl methyl sites for hydroxylation is 2. The Morgan fingerprint density at radius 1 is 1.12 bits per heavy atom. The van der Waals surface area contributed by atoms with Gasteiger partial charge in [0.05, 0.1) is 36.4 Å². The van der Waals surface area contributed by atoms with Gasteiger partial charge in [0.25, 0.3) is 0 Å². The molecule has 6 rings (SSSR count). The molecule has 0 aliphatic carbocycles. The van der Waals surface area contributed by atoms with Crippen LogP contribution in [0.2, 0.25) is 0 Å². The first-order valence-corrected chi connectivity index (χ1v) is 14.3. The number of imidazole rings is 1. The van der Waals surface area contributed by atoms with Crippen molar-refractivity contribution < 1.29 is 49.4 Å². The number of allylic oxidation sites excluding steroid dienone is 1. The summed E-state index contributed by atoms with van der Waals surface area (Å²) in [5, 5.41) is 25.9. The number of ether oxygens (including phenoxy) is 1. The number of nitrogens with one attached hydrogen (secondary N) is 1. The minimum atomic E-state index is -4.64. The first-order chi connectivity index (χ1) is 22.5. The van der Waals surface area contributed by atoms with E-state index in [1.54, 1.807) is 49.4 Å². The number of hydrogen-bond donors (Lipinski definition) is 2. The van der Waals surface area contributed by atoms with Crippen LogP contribution in [0.4, 0.5) is 24.8 Å². The van der Waals surface area contributed by atoms with E-state index in [0.717, 1.165) is 17.8 Å². The molecule has 0 bridgehead atoms. The molecule has 1 aliphatic rings. The van der Waals surface area contributed by atoms with Crippen LogP contribution in [0.3, 0.4) is 0 Å². The molecule has 1 atom stereocenters. The highest BCUT2D eigenvalue weighted by Gasteiger charge is 2.41. The van der Waals surface area contributed by atoms with Crippen molar-refractivity contribution in [1.29, 1.82) is 5.26 Å². The summed E-state index contributed by atoms with van der Waals surface area (Å²) in [6.45, 7) is 1.99. The van der Waals surface area contributed by atoms with Gasteiger partial charge in [-0.3, -0.25) is 4.90 Å². The summed E-state index contributed by atoms with van der Waals surface area (Å²) in [6.07, 6.45) is 1.30. The summed E-state index contributed by atoms with van der Waals surface area (Å²) in [6, 6.07) is 17.1. The summed E-state index contributed by atoms with van der Waals surface area (Å²) in [7, 11) is 1.18. The average molecular weight is 723 g/mol. The SMILES string of the molecule is COC(=O)C1=C(C)N(c2cccc(C(F)(F)F)c2)c2n[nH]c(=O)n2C1c1ccc(C#N)cc1CC[n+]1ccn(-c2ccc(O)cc2)c1.[Br-]. The lowest BCUT2D eigenvalue weighted by Crippen LogP contribution is -3.00. The molecule has 48 heavy (non-hydrogen) atoms. The molecule has 0 amide bonds. The maximum absolute atomic E-state index is 13.7. The van der Waals surface area contributed by atoms with Gasteiger partial charge in [0, 0.05) is 17.8 Å². The topological polar surface area (TPSA) is 133 Å². The molecule has 246 valence electrons. The summed E-state index contributed by atoms with van der Waals surface area (Å²) in [5.41, 5.74) is 0.990. The number of aromatic hydroxyl groups is 1. The largest absolute Gasteiger partial charge is 1.00 e. The maximum atomic E-state index is 13.7. The van der Waals surface area contributed by atoms with Gasteiger partial charge in [-0.15, -0.1) is 5.10 Å². The molecule has 11 nitrogen and oxygen atoms in total. The second-order valence-corrected chi connectivity index (χ2v) is 10.8. The Bertz CT molecular complexity index is 2130. The van der Waals surface area contributed by atoms with Gasteiger partial charge in [0.1, 0.15) is 29.9 Å². The van der Waals surface area contributed by atoms with Crippen LogP contribution in [0.15, 0.2) is 102 Å². The summed E-state index contributed by atoms with van der Waals surface area (Å²) >= 11 is 0. The minimum absolute atomic E-state index is 0. The van der Waals surface area contributed by atoms with Crippen molar-refractivity contribution >= 4 is 17.6 Å². The minimum Gasteiger partial charge on any atom is -1.00 e. The van der Waals surface area contributed by atoms with Crippen LogP contribution in [0.5, 0.6) is 5.75 Å². The van der Waals surface area contributed by atoms with Gasteiger partial charge in [0.15, 0.2) is 0 Å². The number of hydrogen-bond acceptors (Lipinski definition) is 7. The van der Waals surface area contributed by atoms with Gasteiger partial charge in [0.2, 0.25) is 12.3 Å². The number of benzene rings is 3. The van der Waals surface area contributed by atoms with Crippen molar-refractivity contribution in [2.24, 2.45) is 0 Å². The van der Waals surface area contributed by atoms with Gasteiger partial charge in [-0.05, 0) is 72.6 Å². The molecule has 3 aromatic carbocycles. The zero-order chi connectivity index (χ0) is 33.5. The smallest absolute Gasteiger partial charge is 0.416 e. The number of phenolic OH excluding ortho intramolecular Hbond substituents is 1. The van der Waals surface area contributed by atoms with Crippen LogP contribution < -0.4 is 32.1 Å². The lowest BCUT2D eigenvalue weighted by Gasteiger charge is -2.36. The first kappa shape index (κ1) is 33.7. The number of nitrogens with zero attached hydrogens (tertiary/aromatic N) is 6. The fourth-order valence-electron chi connectivity index (χ4n) is 5.79. The number of aromatic nitrogens is 5. The van der Waals surface area contributed by atoms with Crippen molar-refractivity contribution in [2.45, 2.75) is 32.1 Å². The number of methoxy groups -OCH3 is 1. The Morgan fingerprint density at radius 2 is 1.88 bits per heavy atom. The fourth-order valence-corrected chi connectivity index (χ4v) is 5.79. The number of H-pyrrole nitrogens is 1. The summed E-state index contributed by atoms with van der Waals surface area (Å²) in [4.78, 5) is 28.2. The Labute approximate surface area is 282 Å². The van der Waals surface area contributed by atoms with E-state index in [2.05, 4.69) is 16.3 Å². The monoisotopic (exact) mass is 721 g/mol. The number of phenols is 1. The van der Waals surface area contributed by atoms with Gasteiger partial charge >= 0.3 is 17.8 Å². The number of alkyl halides is 3. The molecule has 0 fully saturated rings. The normalized spacial score (nSPS) is 14.2. The van der Waals surface area contributed by atoms with Crippen molar-refractivity contribution in [3.8, 4) is 17.5 Å². The van der Waals surface area contributed by atoms with E-state index in [9.17, 15) is 33.1 Å². The Hall–Kier alpha value is -5.62. The molecule has 15 heteroatoms. The predicted molar refractivity (Wildman–Crippen MR) is 162 cm³/mol. The molecule has 0 saturated carbocycles. The lowest BCUT2D eigenvalue weighted by atomic mass is 9.89. The molecule has 0 saturated heterocycles. The number of carbonyl (C=O) groups is 1. The average Bonchev–Trinajstić information content (AvgIpc) is 3.69. The third kappa shape index (κ3) is 6.21. The fraction of sp³-hybridized carbons (Fsp3) is 0.182. The number of carbonyl (C=O) groups excluding carboxylic acids is 1. The van der Waals surface area contributed by atoms with Crippen molar-refractivity contribution in [2.75, 3.05) is 12.0 Å². The molecular formula is C33H27BrF3N7O4. The van der Waals surface area contributed by atoms with E-state index < -0.39 is 29.4 Å². The molecule has 1 aliphatic heterocycles. The molecule has 2 N–H and O–H groups in total. The van der Waals surface area contributed by atoms with E-state index in [4.69, 9.17) is 4.74 Å². The molecule has 0 spiro atoms. The van der Waals surface area contributed by atoms with E-state index in [1.165, 1.54) is 28.7 Å². The highest BCUT2D eigenvalue weighted by atomic mass is 79.9. The molecule has 0 radical (unpaired) electrons. The second kappa shape index (κ2) is 13.2. The number of esters is 1. The third-order valence-electron chi connectivity index (χ3n) is 8.02. The van der Waals surface area contributed by atoms with Gasteiger partial charge in [-0.2, -0.15) is 18.4 Å². The predicted octanol–water partition coefficient (Wildman–Crippen LogP) is 1.68. The molecule has 2 aromatic heterocycles. The highest BCUT2D eigenvalue weighted by molar-refractivity contribution is 5.93. The van der Waals surface area contributed by atoms with Crippen LogP contribution in [-0.2, 0) is 28.7 Å². The number of aromatic amines is 1. The Balaban J connectivity index is 0.00000451. The molecule has 5 aromatic rings. The van der Waals surface area contributed by atoms with E-state index >= 15 is 0 Å². The van der Waals surface area contributed by atoms with Crippen LogP contribution in [0.1, 0.15) is 35.2 Å². The van der Waals surface area contributed by atoms with Crippen molar-refractivity contribution in [3.63, 3.8) is 0 Å². The maximum Gasteiger partial charge on any atom is 0.416 e. The standard InChI is InChI=1S/C33H26F3N7O4.BrH/c1-20-28(30(45)47-2)29(43-31(38-39-32(43)46)42(20)25-5-3-4-23(17-25)33(34,35)36)27-11-6-21(18-37)16-22(27)12-13-40-14-15-41(19-40)24-7-9-26(44)10-8-24;/h3-11,14-17,19,29H,12-13H2,1-2H3,(H-,39,44,46);1H. The van der Waals surface area contributed by atoms with Crippen molar-refractivity contribution in [3.05, 3.63) is 129 Å². The lowest BCUT2D eigenvalue weighted by molar-refractivity contribution is -0.695. The van der Waals surface area contributed by atoms with Crippen LogP contribution in [0, 0.1) is 11.3 Å². The molecule has 3 heterocycles. The Morgan fingerprint density at radius 3 is 2.56 bits per heavy atom. The van der Waals surface area contributed by atoms with Crippen LogP contribution in [-0.4, -0.2) is 37.5 Å². The zero-order valence-electron chi connectivity index (χ0n) is 25.4. The van der Waals surface area contributed by atoms with E-state index in [0.29, 0.717) is 29.7 Å². The summed E-state index contributed by atoms with van der Waals surface area (Å²) in [5.74, 6) is -0.672. The number of halogens is 4. The van der Waals surface area contributed by atoms with Crippen LogP contribution in [0.25, 0.3) is 5.69 Å². The van der Waals surface area contributed by atoms with Gasteiger partial charge in [-0.1, -0.05) is 12.1 Å². The third-order valence-corrected chi connectivity index (χ3v) is 8.02. The molecular weight excluding hydrogens is 695 g/mol. The second-order valence-electron chi connectivity index (χ2n) is 10.8. The van der Waals surface area contributed by atoms with E-state index in [-0.39, 0.29) is 45.6 Å². The molecule has 1 unspecified atom stereocenters. The van der Waals surface area contributed by atoms with Crippen molar-refractivity contribution in [1.82, 2.24) is 19.3 Å². The van der Waals surface area contributed by atoms with E-state index in [1.807, 2.05) is 27.9 Å². The zero-order valence-corrected chi connectivity index (χ0v) is 27.0. The summed E-state index contributed by atoms with van der Waals surface area (Å²) < 4.78 is 51.1. The quantitative estimate of drug-likeness (QED) is 0.193. The highest BCUT2D eigenvalue weighted by Crippen LogP contribution is 2.43. The number of rotatable bonds is 7.